The summed E-state index contributed by atoms with van der Waals surface area (Å²) in [5.41, 5.74) is 3.56. The van der Waals surface area contributed by atoms with Crippen molar-refractivity contribution in [3.8, 4) is 5.75 Å². The molecule has 0 unspecified atom stereocenters. The summed E-state index contributed by atoms with van der Waals surface area (Å²) in [6.45, 7) is 1.92. The van der Waals surface area contributed by atoms with Crippen LogP contribution in [0.2, 0.25) is 0 Å². The number of carbonyl (C=O) groups is 1. The molecule has 1 aliphatic heterocycles. The van der Waals surface area contributed by atoms with Gasteiger partial charge in [-0.15, -0.1) is 0 Å². The van der Waals surface area contributed by atoms with Crippen LogP contribution in [0.5, 0.6) is 5.75 Å². The van der Waals surface area contributed by atoms with Gasteiger partial charge in [-0.1, -0.05) is 114 Å². The summed E-state index contributed by atoms with van der Waals surface area (Å²) in [5, 5.41) is 3.66. The zero-order valence-electron chi connectivity index (χ0n) is 18.7. The van der Waals surface area contributed by atoms with Crippen molar-refractivity contribution in [3.63, 3.8) is 0 Å². The number of ketones is 1. The Kier molecular flexibility index (Phi) is 6.08. The van der Waals surface area contributed by atoms with Crippen LogP contribution >= 0.6 is 15.9 Å². The van der Waals surface area contributed by atoms with E-state index in [1.807, 2.05) is 79.7 Å². The second kappa shape index (κ2) is 9.32. The number of hydrogen-bond donors (Lipinski definition) is 1. The molecule has 0 spiro atoms. The van der Waals surface area contributed by atoms with Crippen molar-refractivity contribution in [1.82, 2.24) is 5.32 Å². The van der Waals surface area contributed by atoms with E-state index in [0.29, 0.717) is 11.4 Å². The first-order chi connectivity index (χ1) is 16.6. The van der Waals surface area contributed by atoms with Crippen LogP contribution in [0.3, 0.4) is 0 Å². The number of carbonyl (C=O) groups excluding carboxylic acids is 1. The van der Waals surface area contributed by atoms with E-state index in [-0.39, 0.29) is 11.7 Å². The Morgan fingerprint density at radius 3 is 1.76 bits per heavy atom. The highest BCUT2D eigenvalue weighted by atomic mass is 79.9. The van der Waals surface area contributed by atoms with Crippen molar-refractivity contribution in [2.45, 2.75) is 18.4 Å². The molecule has 0 aromatic heterocycles. The fourth-order valence-corrected chi connectivity index (χ4v) is 4.97. The van der Waals surface area contributed by atoms with Crippen molar-refractivity contribution in [1.29, 1.82) is 0 Å². The zero-order valence-corrected chi connectivity index (χ0v) is 20.3. The van der Waals surface area contributed by atoms with E-state index < -0.39 is 5.54 Å². The van der Waals surface area contributed by atoms with Crippen LogP contribution in [0.1, 0.15) is 35.1 Å². The molecular weight excluding hydrogens is 486 g/mol. The summed E-state index contributed by atoms with van der Waals surface area (Å²) in [7, 11) is 0. The molecule has 4 aromatic rings. The average molecular weight is 510 g/mol. The van der Waals surface area contributed by atoms with Gasteiger partial charge in [-0.2, -0.15) is 0 Å². The van der Waals surface area contributed by atoms with E-state index >= 15 is 0 Å². The maximum atomic E-state index is 13.8. The molecule has 0 fully saturated rings. The molecule has 0 amide bonds. The molecule has 168 valence electrons. The van der Waals surface area contributed by atoms with Crippen LogP contribution in [0.25, 0.3) is 0 Å². The van der Waals surface area contributed by atoms with Gasteiger partial charge in [0.2, 0.25) is 0 Å². The number of benzene rings is 4. The van der Waals surface area contributed by atoms with E-state index in [1.165, 1.54) is 0 Å². The standard InChI is InChI=1S/C30H24BrNO2/c1-21-26-19-25(31)17-18-28(26)34-20-27(29(21)33)32-30(22-11-5-2-6-12-22,23-13-7-3-8-14-23)24-15-9-4-10-16-24/h2-21,32H,1H3/t21-/m0/s1. The molecule has 4 heteroatoms. The smallest absolute Gasteiger partial charge is 0.189 e. The fraction of sp³-hybridized carbons (Fsp3) is 0.100. The molecule has 34 heavy (non-hydrogen) atoms. The van der Waals surface area contributed by atoms with Crippen molar-refractivity contribution < 1.29 is 9.53 Å². The molecule has 0 saturated heterocycles. The molecule has 1 heterocycles. The Hall–Kier alpha value is -3.63. The Morgan fingerprint density at radius 1 is 0.765 bits per heavy atom. The molecule has 4 aromatic carbocycles. The lowest BCUT2D eigenvalue weighted by Crippen LogP contribution is -2.46. The summed E-state index contributed by atoms with van der Waals surface area (Å²) in [6, 6.07) is 36.4. The predicted molar refractivity (Wildman–Crippen MR) is 139 cm³/mol. The number of fused-ring (bicyclic) bond motifs is 1. The van der Waals surface area contributed by atoms with Crippen LogP contribution in [0.15, 0.2) is 126 Å². The van der Waals surface area contributed by atoms with Crippen LogP contribution in [0.4, 0.5) is 0 Å². The highest BCUT2D eigenvalue weighted by Gasteiger charge is 2.39. The fourth-order valence-electron chi connectivity index (χ4n) is 4.59. The van der Waals surface area contributed by atoms with Gasteiger partial charge in [-0.25, -0.2) is 0 Å². The van der Waals surface area contributed by atoms with Crippen molar-refractivity contribution in [3.05, 3.63) is 148 Å². The van der Waals surface area contributed by atoms with E-state index in [9.17, 15) is 4.79 Å². The number of ether oxygens (including phenoxy) is 1. The molecular formula is C30H24BrNO2. The summed E-state index contributed by atoms with van der Waals surface area (Å²) in [4.78, 5) is 13.8. The molecule has 5 rings (SSSR count). The first kappa shape index (κ1) is 22.2. The molecule has 3 nitrogen and oxygen atoms in total. The highest BCUT2D eigenvalue weighted by Crippen LogP contribution is 2.40. The molecule has 0 radical (unpaired) electrons. The van der Waals surface area contributed by atoms with E-state index in [2.05, 4.69) is 57.6 Å². The maximum absolute atomic E-state index is 13.8. The van der Waals surface area contributed by atoms with Gasteiger partial charge in [0.05, 0.1) is 0 Å². The lowest BCUT2D eigenvalue weighted by atomic mass is 9.76. The molecule has 1 atom stereocenters. The van der Waals surface area contributed by atoms with Gasteiger partial charge in [-0.3, -0.25) is 4.79 Å². The van der Waals surface area contributed by atoms with Crippen LogP contribution in [-0.2, 0) is 10.3 Å². The van der Waals surface area contributed by atoms with Gasteiger partial charge < -0.3 is 10.1 Å². The third-order valence-corrected chi connectivity index (χ3v) is 6.84. The van der Waals surface area contributed by atoms with Crippen molar-refractivity contribution in [2.75, 3.05) is 0 Å². The first-order valence-electron chi connectivity index (χ1n) is 11.2. The summed E-state index contributed by atoms with van der Waals surface area (Å²) < 4.78 is 6.96. The number of Topliss-reactive ketones (excluding diaryl/α,β-unsaturated/α-hetero) is 1. The summed E-state index contributed by atoms with van der Waals surface area (Å²) in [6.07, 6.45) is 1.56. The van der Waals surface area contributed by atoms with E-state index in [1.54, 1.807) is 6.26 Å². The molecule has 1 aliphatic rings. The average Bonchev–Trinajstić information content (AvgIpc) is 3.00. The Bertz CT molecular complexity index is 1240. The minimum Gasteiger partial charge on any atom is -0.462 e. The Labute approximate surface area is 208 Å². The second-order valence-corrected chi connectivity index (χ2v) is 9.31. The minimum atomic E-state index is -0.800. The first-order valence-corrected chi connectivity index (χ1v) is 12.0. The van der Waals surface area contributed by atoms with Gasteiger partial charge in [0, 0.05) is 16.0 Å². The topological polar surface area (TPSA) is 38.3 Å². The van der Waals surface area contributed by atoms with Crippen LogP contribution < -0.4 is 10.1 Å². The highest BCUT2D eigenvalue weighted by molar-refractivity contribution is 9.10. The molecule has 0 bridgehead atoms. The van der Waals surface area contributed by atoms with E-state index in [4.69, 9.17) is 4.74 Å². The molecule has 1 N–H and O–H groups in total. The largest absolute Gasteiger partial charge is 0.462 e. The third kappa shape index (κ3) is 3.95. The molecule has 0 saturated carbocycles. The predicted octanol–water partition coefficient (Wildman–Crippen LogP) is 6.94. The van der Waals surface area contributed by atoms with Crippen molar-refractivity contribution >= 4 is 21.7 Å². The molecule has 0 aliphatic carbocycles. The summed E-state index contributed by atoms with van der Waals surface area (Å²) in [5.74, 6) is 0.295. The normalized spacial score (nSPS) is 15.5. The quantitative estimate of drug-likeness (QED) is 0.296. The lowest BCUT2D eigenvalue weighted by Gasteiger charge is -2.38. The van der Waals surface area contributed by atoms with Crippen molar-refractivity contribution in [2.24, 2.45) is 0 Å². The number of halogens is 1. The van der Waals surface area contributed by atoms with Crippen LogP contribution in [0, 0.1) is 0 Å². The summed E-state index contributed by atoms with van der Waals surface area (Å²) >= 11 is 3.52. The second-order valence-electron chi connectivity index (χ2n) is 8.39. The minimum absolute atomic E-state index is 0.0241. The van der Waals surface area contributed by atoms with Gasteiger partial charge in [0.25, 0.3) is 0 Å². The lowest BCUT2D eigenvalue weighted by molar-refractivity contribution is -0.117. The Balaban J connectivity index is 1.70. The third-order valence-electron chi connectivity index (χ3n) is 6.34. The monoisotopic (exact) mass is 509 g/mol. The number of allylic oxidation sites excluding steroid dienone is 1. The van der Waals surface area contributed by atoms with Gasteiger partial charge in [0.15, 0.2) is 5.78 Å². The van der Waals surface area contributed by atoms with Gasteiger partial charge in [-0.05, 0) is 34.9 Å². The number of nitrogens with one attached hydrogen (secondary N) is 1. The van der Waals surface area contributed by atoms with Gasteiger partial charge >= 0.3 is 0 Å². The Morgan fingerprint density at radius 2 is 1.26 bits per heavy atom. The number of rotatable bonds is 5. The SMILES string of the molecule is C[C@@H]1C(=O)C(NC(c2ccccc2)(c2ccccc2)c2ccccc2)=COc2ccc(Br)cc21. The van der Waals surface area contributed by atoms with Crippen LogP contribution in [-0.4, -0.2) is 5.78 Å². The maximum Gasteiger partial charge on any atom is 0.189 e. The van der Waals surface area contributed by atoms with Gasteiger partial charge in [0.1, 0.15) is 23.2 Å². The van der Waals surface area contributed by atoms with E-state index in [0.717, 1.165) is 26.7 Å². The zero-order chi connectivity index (χ0) is 23.5. The number of hydrogen-bond acceptors (Lipinski definition) is 3.